The zero-order valence-corrected chi connectivity index (χ0v) is 7.47. The van der Waals surface area contributed by atoms with E-state index in [0.717, 1.165) is 0 Å². The first-order chi connectivity index (χ1) is 5.49. The Morgan fingerprint density at radius 1 is 1.50 bits per heavy atom. The molecule has 2 amide bonds. The fraction of sp³-hybridized carbons (Fsp3) is 0.833. The average molecular weight is 190 g/mol. The molecule has 2 unspecified atom stereocenters. The molecule has 0 aromatic carbocycles. The van der Waals surface area contributed by atoms with Crippen molar-refractivity contribution in [1.29, 1.82) is 0 Å². The number of rotatable bonds is 0. The summed E-state index contributed by atoms with van der Waals surface area (Å²) in [5.74, 6) is 0.195. The molecule has 0 aromatic rings. The van der Waals surface area contributed by atoms with Crippen LogP contribution in [0.25, 0.3) is 0 Å². The number of fused-ring (bicyclic) bond motifs is 1. The third kappa shape index (κ3) is 0.979. The minimum atomic E-state index is -2.92. The van der Waals surface area contributed by atoms with E-state index in [1.165, 1.54) is 4.90 Å². The highest BCUT2D eigenvalue weighted by molar-refractivity contribution is 7.91. The molecular formula is C6H10N2O3S. The normalized spacial score (nSPS) is 38.1. The minimum Gasteiger partial charge on any atom is -0.332 e. The molecule has 2 atom stereocenters. The largest absolute Gasteiger partial charge is 0.332 e. The van der Waals surface area contributed by atoms with Crippen molar-refractivity contribution in [2.24, 2.45) is 0 Å². The summed E-state index contributed by atoms with van der Waals surface area (Å²) in [4.78, 5) is 12.5. The molecule has 2 aliphatic rings. The van der Waals surface area contributed by atoms with E-state index in [9.17, 15) is 13.2 Å². The second kappa shape index (κ2) is 2.12. The predicted molar refractivity (Wildman–Crippen MR) is 42.5 cm³/mol. The van der Waals surface area contributed by atoms with Crippen molar-refractivity contribution >= 4 is 15.9 Å². The molecule has 5 nitrogen and oxygen atoms in total. The second-order valence-corrected chi connectivity index (χ2v) is 5.46. The third-order valence-electron chi connectivity index (χ3n) is 2.45. The number of nitrogens with zero attached hydrogens (tertiary/aromatic N) is 1. The van der Waals surface area contributed by atoms with E-state index in [0.29, 0.717) is 0 Å². The Morgan fingerprint density at radius 3 is 2.75 bits per heavy atom. The fourth-order valence-electron chi connectivity index (χ4n) is 1.76. The molecule has 6 heteroatoms. The number of urea groups is 1. The smallest absolute Gasteiger partial charge is 0.317 e. The van der Waals surface area contributed by atoms with Crippen molar-refractivity contribution in [1.82, 2.24) is 10.2 Å². The van der Waals surface area contributed by atoms with Crippen LogP contribution in [0.3, 0.4) is 0 Å². The zero-order valence-electron chi connectivity index (χ0n) is 6.65. The summed E-state index contributed by atoms with van der Waals surface area (Å²) in [6.07, 6.45) is 0. The molecule has 0 aromatic heterocycles. The molecule has 0 radical (unpaired) electrons. The molecule has 0 saturated carbocycles. The maximum atomic E-state index is 11.1. The number of sulfone groups is 1. The van der Waals surface area contributed by atoms with Crippen LogP contribution >= 0.6 is 0 Å². The van der Waals surface area contributed by atoms with Gasteiger partial charge in [-0.3, -0.25) is 0 Å². The number of hydrogen-bond donors (Lipinski definition) is 1. The van der Waals surface area contributed by atoms with Crippen LogP contribution in [0.1, 0.15) is 0 Å². The summed E-state index contributed by atoms with van der Waals surface area (Å²) in [5.41, 5.74) is 0. The Morgan fingerprint density at radius 2 is 2.17 bits per heavy atom. The number of nitrogens with one attached hydrogen (secondary N) is 1. The van der Waals surface area contributed by atoms with Crippen LogP contribution in [-0.2, 0) is 9.84 Å². The first-order valence-electron chi connectivity index (χ1n) is 3.73. The Bertz CT molecular complexity index is 324. The lowest BCUT2D eigenvalue weighted by molar-refractivity contribution is 0.219. The maximum Gasteiger partial charge on any atom is 0.317 e. The van der Waals surface area contributed by atoms with Gasteiger partial charge < -0.3 is 10.2 Å². The fourth-order valence-corrected chi connectivity index (χ4v) is 3.72. The highest BCUT2D eigenvalue weighted by Gasteiger charge is 2.46. The van der Waals surface area contributed by atoms with Gasteiger partial charge in [0.15, 0.2) is 9.84 Å². The lowest BCUT2D eigenvalue weighted by Crippen LogP contribution is -2.33. The summed E-state index contributed by atoms with van der Waals surface area (Å²) >= 11 is 0. The third-order valence-corrected chi connectivity index (χ3v) is 4.17. The molecule has 0 spiro atoms. The van der Waals surface area contributed by atoms with E-state index >= 15 is 0 Å². The minimum absolute atomic E-state index is 0.0910. The van der Waals surface area contributed by atoms with Crippen molar-refractivity contribution in [3.8, 4) is 0 Å². The van der Waals surface area contributed by atoms with Crippen molar-refractivity contribution in [3.05, 3.63) is 0 Å². The van der Waals surface area contributed by atoms with Crippen molar-refractivity contribution in [2.75, 3.05) is 18.6 Å². The van der Waals surface area contributed by atoms with Gasteiger partial charge in [0.1, 0.15) is 0 Å². The molecule has 68 valence electrons. The highest BCUT2D eigenvalue weighted by Crippen LogP contribution is 2.22. The number of hydrogen-bond acceptors (Lipinski definition) is 3. The Kier molecular flexibility index (Phi) is 1.39. The average Bonchev–Trinajstić information content (AvgIpc) is 2.33. The van der Waals surface area contributed by atoms with Gasteiger partial charge in [-0.25, -0.2) is 13.2 Å². The predicted octanol–water partition coefficient (Wildman–Crippen LogP) is -1.19. The molecular weight excluding hydrogens is 180 g/mol. The van der Waals surface area contributed by atoms with E-state index < -0.39 is 9.84 Å². The maximum absolute atomic E-state index is 11.1. The van der Waals surface area contributed by atoms with Crippen LogP contribution in [0, 0.1) is 0 Å². The molecule has 1 N–H and O–H groups in total. The molecule has 2 rings (SSSR count). The van der Waals surface area contributed by atoms with E-state index in [-0.39, 0.29) is 29.6 Å². The van der Waals surface area contributed by atoms with E-state index in [4.69, 9.17) is 0 Å². The van der Waals surface area contributed by atoms with Gasteiger partial charge in [0.2, 0.25) is 0 Å². The van der Waals surface area contributed by atoms with E-state index in [2.05, 4.69) is 5.32 Å². The molecule has 12 heavy (non-hydrogen) atoms. The van der Waals surface area contributed by atoms with Gasteiger partial charge in [-0.05, 0) is 0 Å². The summed E-state index contributed by atoms with van der Waals surface area (Å²) < 4.78 is 22.2. The van der Waals surface area contributed by atoms with Crippen LogP contribution in [0.15, 0.2) is 0 Å². The van der Waals surface area contributed by atoms with Gasteiger partial charge in [-0.15, -0.1) is 0 Å². The van der Waals surface area contributed by atoms with Crippen LogP contribution < -0.4 is 5.32 Å². The van der Waals surface area contributed by atoms with Crippen LogP contribution in [-0.4, -0.2) is 50.0 Å². The van der Waals surface area contributed by atoms with Gasteiger partial charge in [0, 0.05) is 7.05 Å². The molecule has 0 aliphatic carbocycles. The van der Waals surface area contributed by atoms with Gasteiger partial charge >= 0.3 is 6.03 Å². The monoisotopic (exact) mass is 190 g/mol. The number of likely N-dealkylation sites (N-methyl/N-ethyl adjacent to an activating group) is 1. The summed E-state index contributed by atoms with van der Waals surface area (Å²) in [6, 6.07) is -0.505. The zero-order chi connectivity index (χ0) is 8.93. The number of carbonyl (C=O) groups excluding carboxylic acids is 1. The van der Waals surface area contributed by atoms with Crippen LogP contribution in [0.2, 0.25) is 0 Å². The number of carbonyl (C=O) groups is 1. The molecule has 2 fully saturated rings. The van der Waals surface area contributed by atoms with Gasteiger partial charge in [0.25, 0.3) is 0 Å². The molecule has 2 heterocycles. The van der Waals surface area contributed by atoms with Crippen molar-refractivity contribution in [3.63, 3.8) is 0 Å². The lowest BCUT2D eigenvalue weighted by atomic mass is 10.2. The Labute approximate surface area is 70.6 Å². The summed E-state index contributed by atoms with van der Waals surface area (Å²) in [5, 5.41) is 2.63. The van der Waals surface area contributed by atoms with Crippen molar-refractivity contribution in [2.45, 2.75) is 12.1 Å². The van der Waals surface area contributed by atoms with Gasteiger partial charge in [-0.2, -0.15) is 0 Å². The first-order valence-corrected chi connectivity index (χ1v) is 5.55. The lowest BCUT2D eigenvalue weighted by Gasteiger charge is -2.13. The van der Waals surface area contributed by atoms with Crippen LogP contribution in [0.5, 0.6) is 0 Å². The molecule has 0 bridgehead atoms. The molecule has 2 aliphatic heterocycles. The summed E-state index contributed by atoms with van der Waals surface area (Å²) in [7, 11) is -1.29. The number of amides is 2. The Balaban J connectivity index is 2.27. The SMILES string of the molecule is CN1C(=O)NC2CS(=O)(=O)CC21. The Hall–Kier alpha value is -0.780. The standard InChI is InChI=1S/C6H10N2O3S/c1-8-5-3-12(10,11)2-4(5)7-6(8)9/h4-5H,2-3H2,1H3,(H,7,9). The highest BCUT2D eigenvalue weighted by atomic mass is 32.2. The van der Waals surface area contributed by atoms with E-state index in [1.54, 1.807) is 7.05 Å². The second-order valence-electron chi connectivity index (χ2n) is 3.31. The van der Waals surface area contributed by atoms with Gasteiger partial charge in [-0.1, -0.05) is 0 Å². The van der Waals surface area contributed by atoms with Crippen LogP contribution in [0.4, 0.5) is 4.79 Å². The molecule has 2 saturated heterocycles. The summed E-state index contributed by atoms with van der Waals surface area (Å²) in [6.45, 7) is 0. The topological polar surface area (TPSA) is 66.5 Å². The van der Waals surface area contributed by atoms with Gasteiger partial charge in [0.05, 0.1) is 23.6 Å². The van der Waals surface area contributed by atoms with Crippen molar-refractivity contribution < 1.29 is 13.2 Å². The first kappa shape index (κ1) is 7.85. The van der Waals surface area contributed by atoms with E-state index in [1.807, 2.05) is 0 Å². The quantitative estimate of drug-likeness (QED) is 0.488.